The summed E-state index contributed by atoms with van der Waals surface area (Å²) in [5.74, 6) is 0.754. The van der Waals surface area contributed by atoms with Gasteiger partial charge in [0.05, 0.1) is 13.7 Å². The number of benzene rings is 3. The molecule has 3 nitrogen and oxygen atoms in total. The average Bonchev–Trinajstić information content (AvgIpc) is 2.70. The van der Waals surface area contributed by atoms with Crippen LogP contribution in [0.3, 0.4) is 0 Å². The Hall–Kier alpha value is -2.91. The molecule has 0 bridgehead atoms. The summed E-state index contributed by atoms with van der Waals surface area (Å²) < 4.78 is 11.2. The number of rotatable bonds is 7. The number of Topliss-reactive ketones (excluding diaryl/α,β-unsaturated/α-hetero) is 1. The zero-order valence-corrected chi connectivity index (χ0v) is 14.1. The van der Waals surface area contributed by atoms with Crippen LogP contribution in [-0.4, -0.2) is 12.9 Å². The maximum Gasteiger partial charge on any atom is 0.196 e. The topological polar surface area (TPSA) is 35.5 Å². The number of ketones is 1. The average molecular weight is 332 g/mol. The van der Waals surface area contributed by atoms with Gasteiger partial charge in [-0.05, 0) is 23.3 Å². The monoisotopic (exact) mass is 332 g/mol. The van der Waals surface area contributed by atoms with Gasteiger partial charge >= 0.3 is 0 Å². The first-order chi connectivity index (χ1) is 12.3. The molecule has 0 aliphatic carbocycles. The van der Waals surface area contributed by atoms with Crippen LogP contribution < -0.4 is 4.74 Å². The van der Waals surface area contributed by atoms with Crippen molar-refractivity contribution in [1.82, 2.24) is 0 Å². The zero-order chi connectivity index (χ0) is 17.5. The minimum atomic E-state index is -0.634. The van der Waals surface area contributed by atoms with Crippen LogP contribution in [0.1, 0.15) is 27.6 Å². The van der Waals surface area contributed by atoms with E-state index < -0.39 is 6.10 Å². The molecule has 3 rings (SSSR count). The third kappa shape index (κ3) is 4.34. The molecule has 0 heterocycles. The van der Waals surface area contributed by atoms with Crippen molar-refractivity contribution in [2.75, 3.05) is 7.11 Å². The van der Waals surface area contributed by atoms with Gasteiger partial charge in [-0.15, -0.1) is 0 Å². The van der Waals surface area contributed by atoms with E-state index in [0.29, 0.717) is 12.2 Å². The second kappa shape index (κ2) is 8.27. The van der Waals surface area contributed by atoms with E-state index in [1.54, 1.807) is 7.11 Å². The van der Waals surface area contributed by atoms with E-state index in [4.69, 9.17) is 9.47 Å². The van der Waals surface area contributed by atoms with Crippen molar-refractivity contribution in [3.8, 4) is 5.75 Å². The molecule has 0 amide bonds. The fourth-order valence-electron chi connectivity index (χ4n) is 2.61. The van der Waals surface area contributed by atoms with Crippen molar-refractivity contribution in [2.45, 2.75) is 12.7 Å². The Kier molecular flexibility index (Phi) is 5.60. The standard InChI is InChI=1S/C22H20O3/c1-24-20-14-12-17(13-15-20)16-25-22(19-10-6-3-7-11-19)21(23)18-8-4-2-5-9-18/h2-15,22H,16H2,1H3/t22-/m1/s1. The molecule has 126 valence electrons. The van der Waals surface area contributed by atoms with Gasteiger partial charge in [-0.2, -0.15) is 0 Å². The van der Waals surface area contributed by atoms with Crippen molar-refractivity contribution < 1.29 is 14.3 Å². The molecule has 3 aromatic rings. The number of hydrogen-bond acceptors (Lipinski definition) is 3. The smallest absolute Gasteiger partial charge is 0.196 e. The van der Waals surface area contributed by atoms with E-state index in [0.717, 1.165) is 16.9 Å². The van der Waals surface area contributed by atoms with Crippen LogP contribution in [0.2, 0.25) is 0 Å². The molecule has 0 spiro atoms. The van der Waals surface area contributed by atoms with E-state index in [-0.39, 0.29) is 5.78 Å². The highest BCUT2D eigenvalue weighted by atomic mass is 16.5. The molecule has 0 aromatic heterocycles. The van der Waals surface area contributed by atoms with E-state index in [1.165, 1.54) is 0 Å². The number of methoxy groups -OCH3 is 1. The lowest BCUT2D eigenvalue weighted by Gasteiger charge is -2.18. The van der Waals surface area contributed by atoms with Gasteiger partial charge in [0.2, 0.25) is 0 Å². The first-order valence-corrected chi connectivity index (χ1v) is 8.16. The molecule has 25 heavy (non-hydrogen) atoms. The number of carbonyl (C=O) groups excluding carboxylic acids is 1. The minimum Gasteiger partial charge on any atom is -0.497 e. The lowest BCUT2D eigenvalue weighted by Crippen LogP contribution is -2.16. The first-order valence-electron chi connectivity index (χ1n) is 8.16. The summed E-state index contributed by atoms with van der Waals surface area (Å²) in [7, 11) is 1.63. The van der Waals surface area contributed by atoms with Crippen LogP contribution in [0, 0.1) is 0 Å². The lowest BCUT2D eigenvalue weighted by molar-refractivity contribution is 0.0334. The maximum absolute atomic E-state index is 12.9. The van der Waals surface area contributed by atoms with Gasteiger partial charge in [0, 0.05) is 5.56 Å². The third-order valence-electron chi connectivity index (χ3n) is 3.97. The Morgan fingerprint density at radius 3 is 2.04 bits per heavy atom. The molecule has 0 aliphatic heterocycles. The number of hydrogen-bond donors (Lipinski definition) is 0. The molecule has 3 aromatic carbocycles. The molecule has 0 aliphatic rings. The number of carbonyl (C=O) groups is 1. The molecule has 0 fully saturated rings. The van der Waals surface area contributed by atoms with Gasteiger partial charge in [-0.1, -0.05) is 72.8 Å². The van der Waals surface area contributed by atoms with Crippen LogP contribution in [0.25, 0.3) is 0 Å². The summed E-state index contributed by atoms with van der Waals surface area (Å²) in [6.07, 6.45) is -0.634. The maximum atomic E-state index is 12.9. The Balaban J connectivity index is 1.80. The Morgan fingerprint density at radius 1 is 0.840 bits per heavy atom. The molecule has 0 unspecified atom stereocenters. The highest BCUT2D eigenvalue weighted by molar-refractivity contribution is 6.00. The van der Waals surface area contributed by atoms with E-state index in [9.17, 15) is 4.79 Å². The van der Waals surface area contributed by atoms with Crippen molar-refractivity contribution in [3.05, 3.63) is 102 Å². The van der Waals surface area contributed by atoms with Gasteiger partial charge < -0.3 is 9.47 Å². The summed E-state index contributed by atoms with van der Waals surface area (Å²) in [6, 6.07) is 26.5. The van der Waals surface area contributed by atoms with Gasteiger partial charge in [-0.3, -0.25) is 4.79 Å². The molecule has 3 heteroatoms. The Morgan fingerprint density at radius 2 is 1.44 bits per heavy atom. The van der Waals surface area contributed by atoms with Gasteiger partial charge in [0.15, 0.2) is 5.78 Å². The van der Waals surface area contributed by atoms with Crippen molar-refractivity contribution in [3.63, 3.8) is 0 Å². The Labute approximate surface area is 147 Å². The van der Waals surface area contributed by atoms with E-state index in [1.807, 2.05) is 84.9 Å². The van der Waals surface area contributed by atoms with E-state index >= 15 is 0 Å². The molecule has 0 N–H and O–H groups in total. The summed E-state index contributed by atoms with van der Waals surface area (Å²) in [4.78, 5) is 12.9. The van der Waals surface area contributed by atoms with Crippen molar-refractivity contribution in [1.29, 1.82) is 0 Å². The first kappa shape index (κ1) is 16.9. The molecular formula is C22H20O3. The number of ether oxygens (including phenoxy) is 2. The SMILES string of the molecule is COc1ccc(CO[C@@H](C(=O)c2ccccc2)c2ccccc2)cc1. The molecule has 1 atom stereocenters. The second-order valence-corrected chi connectivity index (χ2v) is 5.68. The van der Waals surface area contributed by atoms with Crippen LogP contribution in [-0.2, 0) is 11.3 Å². The summed E-state index contributed by atoms with van der Waals surface area (Å²) >= 11 is 0. The summed E-state index contributed by atoms with van der Waals surface area (Å²) in [5, 5.41) is 0. The predicted octanol–water partition coefficient (Wildman–Crippen LogP) is 4.84. The summed E-state index contributed by atoms with van der Waals surface area (Å²) in [5.41, 5.74) is 2.48. The fraction of sp³-hybridized carbons (Fsp3) is 0.136. The zero-order valence-electron chi connectivity index (χ0n) is 14.1. The fourth-order valence-corrected chi connectivity index (χ4v) is 2.61. The lowest BCUT2D eigenvalue weighted by atomic mass is 10.00. The van der Waals surface area contributed by atoms with Crippen LogP contribution in [0.5, 0.6) is 5.75 Å². The minimum absolute atomic E-state index is 0.0414. The normalized spacial score (nSPS) is 11.7. The summed E-state index contributed by atoms with van der Waals surface area (Å²) in [6.45, 7) is 0.349. The van der Waals surface area contributed by atoms with Crippen molar-refractivity contribution in [2.24, 2.45) is 0 Å². The van der Waals surface area contributed by atoms with Crippen LogP contribution in [0.4, 0.5) is 0 Å². The van der Waals surface area contributed by atoms with Gasteiger partial charge in [0.1, 0.15) is 11.9 Å². The Bertz CT molecular complexity index is 796. The largest absolute Gasteiger partial charge is 0.497 e. The second-order valence-electron chi connectivity index (χ2n) is 5.68. The van der Waals surface area contributed by atoms with Crippen LogP contribution >= 0.6 is 0 Å². The molecular weight excluding hydrogens is 312 g/mol. The highest BCUT2D eigenvalue weighted by Crippen LogP contribution is 2.24. The van der Waals surface area contributed by atoms with Gasteiger partial charge in [0.25, 0.3) is 0 Å². The van der Waals surface area contributed by atoms with E-state index in [2.05, 4.69) is 0 Å². The third-order valence-corrected chi connectivity index (χ3v) is 3.97. The molecule has 0 saturated carbocycles. The molecule has 0 radical (unpaired) electrons. The van der Waals surface area contributed by atoms with Crippen LogP contribution in [0.15, 0.2) is 84.9 Å². The predicted molar refractivity (Wildman–Crippen MR) is 97.7 cm³/mol. The van der Waals surface area contributed by atoms with Crippen molar-refractivity contribution >= 4 is 5.78 Å². The van der Waals surface area contributed by atoms with Gasteiger partial charge in [-0.25, -0.2) is 0 Å². The highest BCUT2D eigenvalue weighted by Gasteiger charge is 2.22. The quantitative estimate of drug-likeness (QED) is 0.581. The molecule has 0 saturated heterocycles.